The van der Waals surface area contributed by atoms with E-state index in [0.29, 0.717) is 5.92 Å². The van der Waals surface area contributed by atoms with E-state index < -0.39 is 0 Å². The fourth-order valence-electron chi connectivity index (χ4n) is 3.07. The average molecular weight is 266 g/mol. The van der Waals surface area contributed by atoms with Crippen molar-refractivity contribution in [3.05, 3.63) is 65.7 Å². The summed E-state index contributed by atoms with van der Waals surface area (Å²) in [6.45, 7) is 3.49. The van der Waals surface area contributed by atoms with Gasteiger partial charge in [0.25, 0.3) is 0 Å². The Hall–Kier alpha value is -1.80. The molecule has 1 unspecified atom stereocenters. The van der Waals surface area contributed by atoms with Crippen molar-refractivity contribution < 1.29 is 0 Å². The summed E-state index contributed by atoms with van der Waals surface area (Å²) >= 11 is 0. The first kappa shape index (κ1) is 13.2. The first-order chi connectivity index (χ1) is 9.83. The normalized spacial score (nSPS) is 19.3. The molecule has 3 rings (SSSR count). The zero-order chi connectivity index (χ0) is 13.8. The highest BCUT2D eigenvalue weighted by molar-refractivity contribution is 5.46. The minimum atomic E-state index is 0.698. The van der Waals surface area contributed by atoms with E-state index in [1.165, 1.54) is 30.6 Å². The van der Waals surface area contributed by atoms with Crippen molar-refractivity contribution in [1.82, 2.24) is 4.90 Å². The summed E-state index contributed by atoms with van der Waals surface area (Å²) in [5.41, 5.74) is 9.68. The van der Waals surface area contributed by atoms with Crippen LogP contribution in [0, 0.1) is 0 Å². The number of hydrogen-bond acceptors (Lipinski definition) is 2. The van der Waals surface area contributed by atoms with Gasteiger partial charge in [-0.05, 0) is 42.5 Å². The lowest BCUT2D eigenvalue weighted by molar-refractivity contribution is 0.339. The van der Waals surface area contributed by atoms with Gasteiger partial charge in [-0.15, -0.1) is 0 Å². The third-order valence-electron chi connectivity index (χ3n) is 4.30. The molecule has 0 aromatic heterocycles. The average Bonchev–Trinajstić information content (AvgIpc) is 2.96. The quantitative estimate of drug-likeness (QED) is 0.860. The van der Waals surface area contributed by atoms with Crippen LogP contribution in [0.2, 0.25) is 0 Å². The number of anilines is 1. The molecule has 0 spiro atoms. The molecule has 1 fully saturated rings. The number of rotatable bonds is 4. The van der Waals surface area contributed by atoms with E-state index in [9.17, 15) is 0 Å². The van der Waals surface area contributed by atoms with Crippen LogP contribution in [0.15, 0.2) is 54.6 Å². The first-order valence-electron chi connectivity index (χ1n) is 7.43. The standard InChI is InChI=1S/C18H22N2/c19-18-9-5-4-8-16(18)10-12-20-13-11-17(14-20)15-6-2-1-3-7-15/h1-9,17H,10-14,19H2. The summed E-state index contributed by atoms with van der Waals surface area (Å²) in [6, 6.07) is 19.1. The minimum Gasteiger partial charge on any atom is -0.399 e. The Morgan fingerprint density at radius 3 is 2.55 bits per heavy atom. The van der Waals surface area contributed by atoms with Crippen molar-refractivity contribution in [3.8, 4) is 0 Å². The highest BCUT2D eigenvalue weighted by Gasteiger charge is 2.23. The van der Waals surface area contributed by atoms with E-state index in [0.717, 1.165) is 18.7 Å². The molecule has 2 aromatic rings. The van der Waals surface area contributed by atoms with Crippen molar-refractivity contribution >= 4 is 5.69 Å². The van der Waals surface area contributed by atoms with Crippen LogP contribution in [-0.4, -0.2) is 24.5 Å². The van der Waals surface area contributed by atoms with Crippen molar-refractivity contribution in [2.24, 2.45) is 0 Å². The molecule has 1 aliphatic heterocycles. The first-order valence-corrected chi connectivity index (χ1v) is 7.43. The Kier molecular flexibility index (Phi) is 4.03. The Morgan fingerprint density at radius 2 is 1.75 bits per heavy atom. The van der Waals surface area contributed by atoms with E-state index in [1.807, 2.05) is 12.1 Å². The molecule has 1 heterocycles. The molecule has 0 radical (unpaired) electrons. The zero-order valence-electron chi connectivity index (χ0n) is 11.8. The van der Waals surface area contributed by atoms with E-state index in [2.05, 4.69) is 47.4 Å². The predicted octanol–water partition coefficient (Wildman–Crippen LogP) is 3.30. The molecular formula is C18H22N2. The molecule has 1 atom stereocenters. The third kappa shape index (κ3) is 3.02. The van der Waals surface area contributed by atoms with Crippen LogP contribution in [0.1, 0.15) is 23.5 Å². The molecule has 0 bridgehead atoms. The van der Waals surface area contributed by atoms with Crippen LogP contribution in [0.25, 0.3) is 0 Å². The molecule has 2 nitrogen and oxygen atoms in total. The monoisotopic (exact) mass is 266 g/mol. The SMILES string of the molecule is Nc1ccccc1CCN1CCC(c2ccccc2)C1. The number of nitrogens with zero attached hydrogens (tertiary/aromatic N) is 1. The molecule has 20 heavy (non-hydrogen) atoms. The van der Waals surface area contributed by atoms with Gasteiger partial charge in [0.1, 0.15) is 0 Å². The van der Waals surface area contributed by atoms with Gasteiger partial charge in [-0.3, -0.25) is 0 Å². The summed E-state index contributed by atoms with van der Waals surface area (Å²) in [5, 5.41) is 0. The van der Waals surface area contributed by atoms with Crippen LogP contribution in [-0.2, 0) is 6.42 Å². The Morgan fingerprint density at radius 1 is 1.00 bits per heavy atom. The number of nitrogens with two attached hydrogens (primary N) is 1. The van der Waals surface area contributed by atoms with Crippen molar-refractivity contribution in [1.29, 1.82) is 0 Å². The van der Waals surface area contributed by atoms with Gasteiger partial charge in [0.05, 0.1) is 0 Å². The molecule has 0 saturated carbocycles. The van der Waals surface area contributed by atoms with Crippen LogP contribution in [0.4, 0.5) is 5.69 Å². The van der Waals surface area contributed by atoms with Gasteiger partial charge in [-0.2, -0.15) is 0 Å². The minimum absolute atomic E-state index is 0.698. The second-order valence-electron chi connectivity index (χ2n) is 5.65. The van der Waals surface area contributed by atoms with E-state index >= 15 is 0 Å². The van der Waals surface area contributed by atoms with Crippen molar-refractivity contribution in [2.45, 2.75) is 18.8 Å². The smallest absolute Gasteiger partial charge is 0.0347 e. The van der Waals surface area contributed by atoms with Crippen LogP contribution < -0.4 is 5.73 Å². The van der Waals surface area contributed by atoms with Crippen molar-refractivity contribution in [3.63, 3.8) is 0 Å². The highest BCUT2D eigenvalue weighted by Crippen LogP contribution is 2.27. The van der Waals surface area contributed by atoms with Crippen LogP contribution in [0.5, 0.6) is 0 Å². The number of hydrogen-bond donors (Lipinski definition) is 1. The molecule has 1 saturated heterocycles. The van der Waals surface area contributed by atoms with Gasteiger partial charge in [0.15, 0.2) is 0 Å². The second-order valence-corrected chi connectivity index (χ2v) is 5.65. The Labute approximate surface area is 121 Å². The van der Waals surface area contributed by atoms with Crippen LogP contribution >= 0.6 is 0 Å². The van der Waals surface area contributed by atoms with Gasteiger partial charge in [0, 0.05) is 18.8 Å². The summed E-state index contributed by atoms with van der Waals surface area (Å²) in [4.78, 5) is 2.56. The summed E-state index contributed by atoms with van der Waals surface area (Å²) in [6.07, 6.45) is 2.32. The third-order valence-corrected chi connectivity index (χ3v) is 4.30. The summed E-state index contributed by atoms with van der Waals surface area (Å²) < 4.78 is 0. The number of benzene rings is 2. The largest absolute Gasteiger partial charge is 0.399 e. The van der Waals surface area contributed by atoms with E-state index in [4.69, 9.17) is 5.73 Å². The van der Waals surface area contributed by atoms with Crippen molar-refractivity contribution in [2.75, 3.05) is 25.4 Å². The number of para-hydroxylation sites is 1. The van der Waals surface area contributed by atoms with Gasteiger partial charge in [-0.25, -0.2) is 0 Å². The fourth-order valence-corrected chi connectivity index (χ4v) is 3.07. The molecule has 2 aromatic carbocycles. The fraction of sp³-hybridized carbons (Fsp3) is 0.333. The lowest BCUT2D eigenvalue weighted by atomic mass is 9.99. The van der Waals surface area contributed by atoms with Gasteiger partial charge < -0.3 is 10.6 Å². The topological polar surface area (TPSA) is 29.3 Å². The maximum absolute atomic E-state index is 6.01. The summed E-state index contributed by atoms with van der Waals surface area (Å²) in [5.74, 6) is 0.698. The van der Waals surface area contributed by atoms with E-state index in [-0.39, 0.29) is 0 Å². The second kappa shape index (κ2) is 6.10. The molecule has 2 N–H and O–H groups in total. The highest BCUT2D eigenvalue weighted by atomic mass is 15.1. The maximum atomic E-state index is 6.01. The van der Waals surface area contributed by atoms with Crippen LogP contribution in [0.3, 0.4) is 0 Å². The Bertz CT molecular complexity index is 550. The molecular weight excluding hydrogens is 244 g/mol. The van der Waals surface area contributed by atoms with E-state index in [1.54, 1.807) is 0 Å². The summed E-state index contributed by atoms with van der Waals surface area (Å²) in [7, 11) is 0. The number of nitrogen functional groups attached to an aromatic ring is 1. The van der Waals surface area contributed by atoms with Gasteiger partial charge >= 0.3 is 0 Å². The molecule has 2 heteroatoms. The van der Waals surface area contributed by atoms with Gasteiger partial charge in [0.2, 0.25) is 0 Å². The lowest BCUT2D eigenvalue weighted by Gasteiger charge is -2.16. The molecule has 104 valence electrons. The molecule has 0 amide bonds. The maximum Gasteiger partial charge on any atom is 0.0347 e. The number of likely N-dealkylation sites (tertiary alicyclic amines) is 1. The zero-order valence-corrected chi connectivity index (χ0v) is 11.8. The molecule has 0 aliphatic carbocycles. The van der Waals surface area contributed by atoms with Gasteiger partial charge in [-0.1, -0.05) is 48.5 Å². The Balaban J connectivity index is 1.55. The predicted molar refractivity (Wildman–Crippen MR) is 84.8 cm³/mol. The lowest BCUT2D eigenvalue weighted by Crippen LogP contribution is -2.23. The molecule has 1 aliphatic rings.